The van der Waals surface area contributed by atoms with Crippen molar-refractivity contribution >= 4 is 17.5 Å². The molecule has 0 heterocycles. The Kier molecular flexibility index (Phi) is 4.96. The topological polar surface area (TPSA) is 60.4 Å². The van der Waals surface area contributed by atoms with Crippen LogP contribution in [0.2, 0.25) is 0 Å². The Morgan fingerprint density at radius 1 is 1.23 bits per heavy atom. The van der Waals surface area contributed by atoms with Crippen molar-refractivity contribution in [1.82, 2.24) is 0 Å². The minimum Gasteiger partial charge on any atom is -0.457 e. The minimum atomic E-state index is -0.723. The summed E-state index contributed by atoms with van der Waals surface area (Å²) in [4.78, 5) is 32.5. The van der Waals surface area contributed by atoms with Gasteiger partial charge in [-0.25, -0.2) is 0 Å². The number of carbonyl (C=O) groups excluding carboxylic acids is 3. The van der Waals surface area contributed by atoms with Crippen LogP contribution >= 0.6 is 0 Å². The molecular formula is C9H14O4. The summed E-state index contributed by atoms with van der Waals surface area (Å²) < 4.78 is 4.61. The van der Waals surface area contributed by atoms with Gasteiger partial charge in [0.05, 0.1) is 0 Å². The third-order valence-electron chi connectivity index (χ3n) is 1.60. The number of rotatable bonds is 5. The van der Waals surface area contributed by atoms with E-state index in [9.17, 15) is 14.4 Å². The Hall–Kier alpha value is -1.19. The van der Waals surface area contributed by atoms with Crippen molar-refractivity contribution in [2.75, 3.05) is 6.61 Å². The second kappa shape index (κ2) is 5.45. The molecular weight excluding hydrogens is 172 g/mol. The van der Waals surface area contributed by atoms with Crippen LogP contribution in [0.1, 0.15) is 27.2 Å². The molecule has 4 nitrogen and oxygen atoms in total. The van der Waals surface area contributed by atoms with Crippen LogP contribution in [-0.2, 0) is 19.1 Å². The summed E-state index contributed by atoms with van der Waals surface area (Å²) in [5.74, 6) is -1.78. The van der Waals surface area contributed by atoms with Gasteiger partial charge in [0.15, 0.2) is 5.78 Å². The molecule has 4 heteroatoms. The predicted octanol–water partition coefficient (Wildman–Crippen LogP) is 0.734. The molecule has 0 aliphatic rings. The fraction of sp³-hybridized carbons (Fsp3) is 0.667. The third kappa shape index (κ3) is 4.40. The Morgan fingerprint density at radius 2 is 1.77 bits per heavy atom. The normalized spacial score (nSPS) is 11.9. The van der Waals surface area contributed by atoms with E-state index < -0.39 is 11.9 Å². The summed E-state index contributed by atoms with van der Waals surface area (Å²) in [7, 11) is 0. The van der Waals surface area contributed by atoms with Crippen molar-refractivity contribution in [3.8, 4) is 0 Å². The molecule has 0 aromatic carbocycles. The number of ketones is 2. The maximum atomic E-state index is 11.1. The fourth-order valence-corrected chi connectivity index (χ4v) is 0.893. The van der Waals surface area contributed by atoms with Crippen LogP contribution in [0.3, 0.4) is 0 Å². The Balaban J connectivity index is 4.07. The molecule has 74 valence electrons. The van der Waals surface area contributed by atoms with E-state index in [2.05, 4.69) is 4.74 Å². The minimum absolute atomic E-state index is 0.226. The molecule has 1 atom stereocenters. The lowest BCUT2D eigenvalue weighted by molar-refractivity contribution is -0.154. The average molecular weight is 186 g/mol. The number of Topliss-reactive ketones (excluding diaryl/α,β-unsaturated/α-hetero) is 2. The zero-order valence-electron chi connectivity index (χ0n) is 8.12. The van der Waals surface area contributed by atoms with Gasteiger partial charge in [0.25, 0.3) is 0 Å². The highest BCUT2D eigenvalue weighted by molar-refractivity contribution is 5.98. The third-order valence-corrected chi connectivity index (χ3v) is 1.60. The molecule has 0 amide bonds. The molecule has 0 bridgehead atoms. The first kappa shape index (κ1) is 11.8. The number of hydrogen-bond acceptors (Lipinski definition) is 4. The fourth-order valence-electron chi connectivity index (χ4n) is 0.893. The largest absolute Gasteiger partial charge is 0.457 e. The van der Waals surface area contributed by atoms with Gasteiger partial charge in [0.2, 0.25) is 0 Å². The number of carbonyl (C=O) groups is 3. The van der Waals surface area contributed by atoms with Crippen LogP contribution in [0.4, 0.5) is 0 Å². The van der Waals surface area contributed by atoms with Crippen LogP contribution in [0.5, 0.6) is 0 Å². The molecule has 0 radical (unpaired) electrons. The summed E-state index contributed by atoms with van der Waals surface area (Å²) in [6, 6.07) is 0. The van der Waals surface area contributed by atoms with E-state index in [-0.39, 0.29) is 18.2 Å². The Labute approximate surface area is 77.3 Å². The first-order valence-electron chi connectivity index (χ1n) is 4.15. The maximum absolute atomic E-state index is 11.1. The van der Waals surface area contributed by atoms with Gasteiger partial charge in [-0.1, -0.05) is 6.92 Å². The van der Waals surface area contributed by atoms with E-state index in [4.69, 9.17) is 0 Å². The molecule has 0 fully saturated rings. The smallest absolute Gasteiger partial charge is 0.316 e. The van der Waals surface area contributed by atoms with Crippen LogP contribution in [0.15, 0.2) is 0 Å². The highest BCUT2D eigenvalue weighted by Gasteiger charge is 2.22. The number of esters is 1. The lowest BCUT2D eigenvalue weighted by Gasteiger charge is -2.09. The van der Waals surface area contributed by atoms with Gasteiger partial charge in [-0.2, -0.15) is 0 Å². The van der Waals surface area contributed by atoms with Gasteiger partial charge in [0, 0.05) is 0 Å². The molecule has 0 aliphatic carbocycles. The standard InChI is InChI=1S/C9H14O4/c1-4-8(7(3)11)9(12)13-5-6(2)10/h8H,4-5H2,1-3H3. The van der Waals surface area contributed by atoms with Crippen LogP contribution < -0.4 is 0 Å². The van der Waals surface area contributed by atoms with Crippen molar-refractivity contribution < 1.29 is 19.1 Å². The zero-order valence-corrected chi connectivity index (χ0v) is 8.12. The van der Waals surface area contributed by atoms with Gasteiger partial charge in [-0.15, -0.1) is 0 Å². The van der Waals surface area contributed by atoms with Gasteiger partial charge in [0.1, 0.15) is 18.3 Å². The van der Waals surface area contributed by atoms with Gasteiger partial charge in [-0.3, -0.25) is 14.4 Å². The average Bonchev–Trinajstić information content (AvgIpc) is 2.01. The Morgan fingerprint density at radius 3 is 2.08 bits per heavy atom. The highest BCUT2D eigenvalue weighted by atomic mass is 16.5. The van der Waals surface area contributed by atoms with Crippen molar-refractivity contribution in [2.45, 2.75) is 27.2 Å². The highest BCUT2D eigenvalue weighted by Crippen LogP contribution is 2.06. The van der Waals surface area contributed by atoms with E-state index in [1.807, 2.05) is 0 Å². The van der Waals surface area contributed by atoms with Crippen LogP contribution in [-0.4, -0.2) is 24.1 Å². The summed E-state index contributed by atoms with van der Waals surface area (Å²) in [5.41, 5.74) is 0. The first-order valence-corrected chi connectivity index (χ1v) is 4.15. The Bertz CT molecular complexity index is 220. The summed E-state index contributed by atoms with van der Waals surface area (Å²) in [5, 5.41) is 0. The second-order valence-electron chi connectivity index (χ2n) is 2.88. The molecule has 0 aromatic rings. The molecule has 0 N–H and O–H groups in total. The summed E-state index contributed by atoms with van der Waals surface area (Å²) in [6.07, 6.45) is 0.409. The summed E-state index contributed by atoms with van der Waals surface area (Å²) >= 11 is 0. The SMILES string of the molecule is CCC(C(C)=O)C(=O)OCC(C)=O. The molecule has 0 rings (SSSR count). The van der Waals surface area contributed by atoms with Gasteiger partial charge < -0.3 is 4.74 Å². The first-order chi connectivity index (χ1) is 5.99. The van der Waals surface area contributed by atoms with Gasteiger partial charge in [-0.05, 0) is 20.3 Å². The second-order valence-corrected chi connectivity index (χ2v) is 2.88. The zero-order chi connectivity index (χ0) is 10.4. The van der Waals surface area contributed by atoms with E-state index in [1.165, 1.54) is 13.8 Å². The molecule has 1 unspecified atom stereocenters. The monoisotopic (exact) mass is 186 g/mol. The van der Waals surface area contributed by atoms with Crippen molar-refractivity contribution in [3.63, 3.8) is 0 Å². The van der Waals surface area contributed by atoms with Crippen molar-refractivity contribution in [3.05, 3.63) is 0 Å². The number of hydrogen-bond donors (Lipinski definition) is 0. The molecule has 13 heavy (non-hydrogen) atoms. The lowest BCUT2D eigenvalue weighted by Crippen LogP contribution is -2.25. The molecule has 0 aliphatic heterocycles. The van der Waals surface area contributed by atoms with Crippen LogP contribution in [0, 0.1) is 5.92 Å². The van der Waals surface area contributed by atoms with E-state index in [1.54, 1.807) is 6.92 Å². The van der Waals surface area contributed by atoms with E-state index in [0.717, 1.165) is 0 Å². The maximum Gasteiger partial charge on any atom is 0.316 e. The molecule has 0 saturated heterocycles. The van der Waals surface area contributed by atoms with Crippen LogP contribution in [0.25, 0.3) is 0 Å². The van der Waals surface area contributed by atoms with E-state index in [0.29, 0.717) is 6.42 Å². The lowest BCUT2D eigenvalue weighted by atomic mass is 10.0. The van der Waals surface area contributed by atoms with Crippen molar-refractivity contribution in [1.29, 1.82) is 0 Å². The van der Waals surface area contributed by atoms with Gasteiger partial charge >= 0.3 is 5.97 Å². The number of ether oxygens (including phenoxy) is 1. The van der Waals surface area contributed by atoms with E-state index >= 15 is 0 Å². The molecule has 0 saturated carbocycles. The quantitative estimate of drug-likeness (QED) is 0.469. The molecule has 0 aromatic heterocycles. The summed E-state index contributed by atoms with van der Waals surface area (Å²) in [6.45, 7) is 4.13. The van der Waals surface area contributed by atoms with Crippen molar-refractivity contribution in [2.24, 2.45) is 5.92 Å². The predicted molar refractivity (Wildman–Crippen MR) is 46.1 cm³/mol. The molecule has 0 spiro atoms.